The zero-order chi connectivity index (χ0) is 23.1. The zero-order valence-electron chi connectivity index (χ0n) is 18.6. The second kappa shape index (κ2) is 8.96. The van der Waals surface area contributed by atoms with Gasteiger partial charge >= 0.3 is 6.09 Å². The van der Waals surface area contributed by atoms with E-state index < -0.39 is 6.09 Å². The molecule has 5 rings (SSSR count). The van der Waals surface area contributed by atoms with Gasteiger partial charge in [-0.25, -0.2) is 4.79 Å². The van der Waals surface area contributed by atoms with Crippen LogP contribution < -0.4 is 9.74 Å². The first-order chi connectivity index (χ1) is 15.9. The highest BCUT2D eigenvalue weighted by Crippen LogP contribution is 2.35. The highest BCUT2D eigenvalue weighted by Gasteiger charge is 2.42. The van der Waals surface area contributed by atoms with Crippen LogP contribution in [0.3, 0.4) is 0 Å². The average molecular weight is 477 g/mol. The molecule has 9 nitrogen and oxygen atoms in total. The van der Waals surface area contributed by atoms with Gasteiger partial charge in [0, 0.05) is 68.2 Å². The maximum absolute atomic E-state index is 12.5. The Morgan fingerprint density at radius 3 is 2.48 bits per heavy atom. The normalized spacial score (nSPS) is 25.5. The molecule has 3 saturated heterocycles. The Balaban J connectivity index is 1.21. The Morgan fingerprint density at radius 2 is 1.82 bits per heavy atom. The van der Waals surface area contributed by atoms with Gasteiger partial charge < -0.3 is 29.6 Å². The van der Waals surface area contributed by atoms with Gasteiger partial charge in [0.1, 0.15) is 0 Å². The van der Waals surface area contributed by atoms with E-state index in [1.165, 1.54) is 23.4 Å². The third kappa shape index (κ3) is 4.45. The number of ether oxygens (including phenoxy) is 1. The number of amides is 1. The number of nitrogens with zero attached hydrogens (tertiary/aromatic N) is 4. The molecule has 0 bridgehead atoms. The number of aromatic nitrogens is 1. The maximum atomic E-state index is 12.5. The number of aromatic hydroxyl groups is 2. The van der Waals surface area contributed by atoms with Gasteiger partial charge in [-0.1, -0.05) is 17.7 Å². The van der Waals surface area contributed by atoms with Crippen LogP contribution in [0.25, 0.3) is 0 Å². The number of likely N-dealkylation sites (tertiary alicyclic amines) is 2. The molecular weight excluding hydrogens is 448 g/mol. The lowest BCUT2D eigenvalue weighted by atomic mass is 10.0. The van der Waals surface area contributed by atoms with Crippen molar-refractivity contribution in [3.05, 3.63) is 40.9 Å². The summed E-state index contributed by atoms with van der Waals surface area (Å²) in [5, 5.41) is 20.1. The molecule has 3 aliphatic rings. The average Bonchev–Trinajstić information content (AvgIpc) is 3.44. The monoisotopic (exact) mass is 476 g/mol. The van der Waals surface area contributed by atoms with Gasteiger partial charge in [-0.2, -0.15) is 0 Å². The molecule has 0 spiro atoms. The molecule has 178 valence electrons. The first-order valence-electron chi connectivity index (χ1n) is 11.3. The van der Waals surface area contributed by atoms with Gasteiger partial charge in [0.15, 0.2) is 0 Å². The first-order valence-corrected chi connectivity index (χ1v) is 11.7. The summed E-state index contributed by atoms with van der Waals surface area (Å²) >= 11 is 6.34. The van der Waals surface area contributed by atoms with Gasteiger partial charge in [-0.15, -0.1) is 4.73 Å². The van der Waals surface area contributed by atoms with E-state index in [-0.39, 0.29) is 11.8 Å². The fourth-order valence-corrected chi connectivity index (χ4v) is 5.43. The molecule has 3 aliphatic heterocycles. The van der Waals surface area contributed by atoms with Crippen LogP contribution in [0.2, 0.25) is 5.02 Å². The standard InChI is InChI=1S/C23H29ClN4O5/c1-15-14-32-7-6-27(15)20-8-19(24)3-2-16(20)9-25-10-17-12-26(13-18(17)11-25)23(31)33-28-21(29)4-5-22(28)30/h2-5,8,15,17-18,29-30H,6-7,9-14H2,1H3. The topological polar surface area (TPSA) is 90.6 Å². The fourth-order valence-electron chi connectivity index (χ4n) is 5.26. The quantitative estimate of drug-likeness (QED) is 0.700. The molecule has 3 fully saturated rings. The van der Waals surface area contributed by atoms with Crippen LogP contribution in [0.15, 0.2) is 30.3 Å². The molecule has 1 amide bonds. The Labute approximate surface area is 197 Å². The second-order valence-electron chi connectivity index (χ2n) is 9.21. The molecule has 33 heavy (non-hydrogen) atoms. The van der Waals surface area contributed by atoms with Crippen molar-refractivity contribution in [3.8, 4) is 11.8 Å². The van der Waals surface area contributed by atoms with Crippen molar-refractivity contribution in [1.82, 2.24) is 14.5 Å². The van der Waals surface area contributed by atoms with Gasteiger partial charge in [0.25, 0.3) is 0 Å². The molecule has 0 saturated carbocycles. The molecule has 1 aromatic carbocycles. The van der Waals surface area contributed by atoms with Crippen molar-refractivity contribution in [2.24, 2.45) is 11.8 Å². The molecule has 2 aromatic rings. The summed E-state index contributed by atoms with van der Waals surface area (Å²) in [6, 6.07) is 8.95. The van der Waals surface area contributed by atoms with E-state index in [4.69, 9.17) is 21.2 Å². The summed E-state index contributed by atoms with van der Waals surface area (Å²) in [6.07, 6.45) is -0.570. The predicted molar refractivity (Wildman–Crippen MR) is 123 cm³/mol. The molecule has 2 N–H and O–H groups in total. The lowest BCUT2D eigenvalue weighted by molar-refractivity contribution is 0.0774. The summed E-state index contributed by atoms with van der Waals surface area (Å²) in [5.74, 6) is 0.0875. The minimum Gasteiger partial charge on any atom is -0.492 e. The zero-order valence-corrected chi connectivity index (χ0v) is 19.3. The SMILES string of the molecule is CC1COCCN1c1cc(Cl)ccc1CN1CC2CN(C(=O)On3c(O)ccc3O)CC2C1. The van der Waals surface area contributed by atoms with Crippen molar-refractivity contribution < 1.29 is 24.6 Å². The molecular formula is C23H29ClN4O5. The summed E-state index contributed by atoms with van der Waals surface area (Å²) in [6.45, 7) is 8.27. The predicted octanol–water partition coefficient (Wildman–Crippen LogP) is 2.39. The van der Waals surface area contributed by atoms with E-state index in [9.17, 15) is 15.0 Å². The van der Waals surface area contributed by atoms with E-state index in [0.717, 1.165) is 35.9 Å². The number of fused-ring (bicyclic) bond motifs is 1. The summed E-state index contributed by atoms with van der Waals surface area (Å²) in [4.78, 5) is 24.1. The van der Waals surface area contributed by atoms with Crippen LogP contribution >= 0.6 is 11.6 Å². The van der Waals surface area contributed by atoms with Gasteiger partial charge in [-0.05, 0) is 36.5 Å². The van der Waals surface area contributed by atoms with Crippen molar-refractivity contribution in [2.45, 2.75) is 19.5 Å². The lowest BCUT2D eigenvalue weighted by Gasteiger charge is -2.37. The Bertz CT molecular complexity index is 997. The highest BCUT2D eigenvalue weighted by molar-refractivity contribution is 6.30. The molecule has 1 aromatic heterocycles. The molecule has 10 heteroatoms. The fraction of sp³-hybridized carbons (Fsp3) is 0.522. The first kappa shape index (κ1) is 22.2. The number of carbonyl (C=O) groups excluding carboxylic acids is 1. The Morgan fingerprint density at radius 1 is 1.12 bits per heavy atom. The third-order valence-electron chi connectivity index (χ3n) is 6.91. The number of rotatable bonds is 4. The maximum Gasteiger partial charge on any atom is 0.434 e. The third-order valence-corrected chi connectivity index (χ3v) is 7.14. The van der Waals surface area contributed by atoms with Crippen LogP contribution in [0.5, 0.6) is 11.8 Å². The van der Waals surface area contributed by atoms with Crippen LogP contribution in [0.4, 0.5) is 10.5 Å². The smallest absolute Gasteiger partial charge is 0.434 e. The largest absolute Gasteiger partial charge is 0.492 e. The number of halogens is 1. The number of morpholine rings is 1. The van der Waals surface area contributed by atoms with Gasteiger partial charge in [0.2, 0.25) is 11.8 Å². The van der Waals surface area contributed by atoms with Crippen LogP contribution in [-0.4, -0.2) is 82.8 Å². The van der Waals surface area contributed by atoms with E-state index in [0.29, 0.717) is 44.2 Å². The second-order valence-corrected chi connectivity index (χ2v) is 9.65. The number of benzene rings is 1. The molecule has 0 aliphatic carbocycles. The van der Waals surface area contributed by atoms with E-state index >= 15 is 0 Å². The van der Waals surface area contributed by atoms with Gasteiger partial charge in [-0.3, -0.25) is 4.90 Å². The number of hydrogen-bond acceptors (Lipinski definition) is 7. The van der Waals surface area contributed by atoms with Crippen molar-refractivity contribution in [2.75, 3.05) is 50.8 Å². The minimum atomic E-state index is -0.570. The number of carbonyl (C=O) groups is 1. The minimum absolute atomic E-state index is 0.299. The van der Waals surface area contributed by atoms with E-state index in [1.54, 1.807) is 4.90 Å². The molecule has 4 heterocycles. The Hall–Kier alpha value is -2.62. The highest BCUT2D eigenvalue weighted by atomic mass is 35.5. The van der Waals surface area contributed by atoms with Crippen LogP contribution in [0, 0.1) is 11.8 Å². The number of hydrogen-bond donors (Lipinski definition) is 2. The van der Waals surface area contributed by atoms with Crippen LogP contribution in [0.1, 0.15) is 12.5 Å². The van der Waals surface area contributed by atoms with Crippen molar-refractivity contribution >= 4 is 23.4 Å². The molecule has 3 atom stereocenters. The summed E-state index contributed by atoms with van der Waals surface area (Å²) < 4.78 is 6.34. The Kier molecular flexibility index (Phi) is 6.03. The summed E-state index contributed by atoms with van der Waals surface area (Å²) in [5.41, 5.74) is 2.43. The van der Waals surface area contributed by atoms with Crippen LogP contribution in [-0.2, 0) is 11.3 Å². The van der Waals surface area contributed by atoms with Gasteiger partial charge in [0.05, 0.1) is 13.2 Å². The number of anilines is 1. The van der Waals surface area contributed by atoms with Crippen molar-refractivity contribution in [3.63, 3.8) is 0 Å². The molecule has 3 unspecified atom stereocenters. The van der Waals surface area contributed by atoms with Crippen molar-refractivity contribution in [1.29, 1.82) is 0 Å². The van der Waals surface area contributed by atoms with E-state index in [2.05, 4.69) is 28.9 Å². The summed E-state index contributed by atoms with van der Waals surface area (Å²) in [7, 11) is 0. The lowest BCUT2D eigenvalue weighted by Crippen LogP contribution is -2.44. The van der Waals surface area contributed by atoms with E-state index in [1.807, 2.05) is 6.07 Å². The molecule has 0 radical (unpaired) electrons.